The van der Waals surface area contributed by atoms with Crippen molar-refractivity contribution in [2.24, 2.45) is 0 Å². The number of aromatic nitrogens is 2. The lowest BCUT2D eigenvalue weighted by Crippen LogP contribution is -2.33. The Hall–Kier alpha value is -3.13. The zero-order valence-electron chi connectivity index (χ0n) is 16.3. The molecule has 0 saturated carbocycles. The SMILES string of the molecule is CCc1ccccc1NC(=O)CNC(=O)c1cccnc1SCc1cc(C)on1. The van der Waals surface area contributed by atoms with Crippen molar-refractivity contribution in [2.45, 2.75) is 31.0 Å². The van der Waals surface area contributed by atoms with Crippen molar-refractivity contribution < 1.29 is 14.1 Å². The van der Waals surface area contributed by atoms with E-state index in [2.05, 4.69) is 20.8 Å². The smallest absolute Gasteiger partial charge is 0.254 e. The van der Waals surface area contributed by atoms with Crippen LogP contribution in [-0.4, -0.2) is 28.5 Å². The van der Waals surface area contributed by atoms with Gasteiger partial charge in [-0.1, -0.05) is 42.0 Å². The molecule has 2 aromatic heterocycles. The summed E-state index contributed by atoms with van der Waals surface area (Å²) < 4.78 is 5.05. The van der Waals surface area contributed by atoms with E-state index < -0.39 is 0 Å². The van der Waals surface area contributed by atoms with Crippen molar-refractivity contribution in [3.8, 4) is 0 Å². The Kier molecular flexibility index (Phi) is 7.02. The van der Waals surface area contributed by atoms with Crippen LogP contribution < -0.4 is 10.6 Å². The topological polar surface area (TPSA) is 97.1 Å². The highest BCUT2D eigenvalue weighted by Gasteiger charge is 2.15. The first-order chi connectivity index (χ1) is 14.1. The minimum atomic E-state index is -0.351. The summed E-state index contributed by atoms with van der Waals surface area (Å²) in [6, 6.07) is 12.8. The molecule has 0 unspecified atom stereocenters. The highest BCUT2D eigenvalue weighted by atomic mass is 32.2. The quantitative estimate of drug-likeness (QED) is 0.551. The third-order valence-corrected chi connectivity index (χ3v) is 5.17. The van der Waals surface area contributed by atoms with Gasteiger partial charge in [-0.05, 0) is 37.1 Å². The zero-order valence-corrected chi connectivity index (χ0v) is 17.1. The second-order valence-electron chi connectivity index (χ2n) is 6.32. The molecule has 0 fully saturated rings. The van der Waals surface area contributed by atoms with Crippen molar-refractivity contribution in [2.75, 3.05) is 11.9 Å². The number of amides is 2. The van der Waals surface area contributed by atoms with Crippen LogP contribution in [0.25, 0.3) is 0 Å². The minimum Gasteiger partial charge on any atom is -0.361 e. The predicted octanol–water partition coefficient (Wildman–Crippen LogP) is 3.60. The standard InChI is InChI=1S/C21H22N4O3S/c1-3-15-7-4-5-9-18(15)24-19(26)12-23-20(27)17-8-6-10-22-21(17)29-13-16-11-14(2)28-25-16/h4-11H,3,12-13H2,1-2H3,(H,23,27)(H,24,26). The summed E-state index contributed by atoms with van der Waals surface area (Å²) in [5.41, 5.74) is 2.99. The Morgan fingerprint density at radius 3 is 2.76 bits per heavy atom. The Balaban J connectivity index is 1.58. The van der Waals surface area contributed by atoms with Crippen LogP contribution in [0.5, 0.6) is 0 Å². The third-order valence-electron chi connectivity index (χ3n) is 4.13. The van der Waals surface area contributed by atoms with E-state index in [0.29, 0.717) is 16.3 Å². The van der Waals surface area contributed by atoms with Crippen LogP contribution in [0.4, 0.5) is 5.69 Å². The molecule has 0 atom stereocenters. The summed E-state index contributed by atoms with van der Waals surface area (Å²) in [4.78, 5) is 29.1. The summed E-state index contributed by atoms with van der Waals surface area (Å²) in [7, 11) is 0. The summed E-state index contributed by atoms with van der Waals surface area (Å²) in [5.74, 6) is 0.629. The van der Waals surface area contributed by atoms with Gasteiger partial charge >= 0.3 is 0 Å². The highest BCUT2D eigenvalue weighted by Crippen LogP contribution is 2.24. The van der Waals surface area contributed by atoms with Gasteiger partial charge in [0.1, 0.15) is 10.8 Å². The van der Waals surface area contributed by atoms with Gasteiger partial charge in [-0.25, -0.2) is 4.98 Å². The van der Waals surface area contributed by atoms with Gasteiger partial charge in [0.15, 0.2) is 0 Å². The maximum Gasteiger partial charge on any atom is 0.254 e. The van der Waals surface area contributed by atoms with E-state index in [-0.39, 0.29) is 18.4 Å². The van der Waals surface area contributed by atoms with Crippen LogP contribution in [0.1, 0.15) is 34.3 Å². The first-order valence-corrected chi connectivity index (χ1v) is 10.2. The summed E-state index contributed by atoms with van der Waals surface area (Å²) in [6.07, 6.45) is 2.44. The summed E-state index contributed by atoms with van der Waals surface area (Å²) in [5, 5.41) is 10.0. The normalized spacial score (nSPS) is 10.6. The highest BCUT2D eigenvalue weighted by molar-refractivity contribution is 7.98. The molecule has 8 heteroatoms. The molecule has 3 aromatic rings. The minimum absolute atomic E-state index is 0.127. The monoisotopic (exact) mass is 410 g/mol. The first-order valence-electron chi connectivity index (χ1n) is 9.22. The number of hydrogen-bond donors (Lipinski definition) is 2. The first kappa shape index (κ1) is 20.6. The maximum absolute atomic E-state index is 12.6. The molecule has 2 heterocycles. The fraction of sp³-hybridized carbons (Fsp3) is 0.238. The molecule has 0 radical (unpaired) electrons. The zero-order chi connectivity index (χ0) is 20.6. The molecule has 3 rings (SSSR count). The molecule has 29 heavy (non-hydrogen) atoms. The Morgan fingerprint density at radius 2 is 2.00 bits per heavy atom. The van der Waals surface area contributed by atoms with E-state index in [1.165, 1.54) is 11.8 Å². The van der Waals surface area contributed by atoms with Gasteiger partial charge in [0.2, 0.25) is 5.91 Å². The molecule has 0 spiro atoms. The number of rotatable bonds is 8. The number of pyridine rings is 1. The van der Waals surface area contributed by atoms with E-state index in [9.17, 15) is 9.59 Å². The van der Waals surface area contributed by atoms with E-state index >= 15 is 0 Å². The van der Waals surface area contributed by atoms with Crippen molar-refractivity contribution in [1.29, 1.82) is 0 Å². The lowest BCUT2D eigenvalue weighted by atomic mass is 10.1. The molecular weight excluding hydrogens is 388 g/mol. The fourth-order valence-electron chi connectivity index (χ4n) is 2.71. The Morgan fingerprint density at radius 1 is 1.17 bits per heavy atom. The molecule has 0 bridgehead atoms. The van der Waals surface area contributed by atoms with Gasteiger partial charge in [-0.15, -0.1) is 0 Å². The molecule has 1 aromatic carbocycles. The van der Waals surface area contributed by atoms with Crippen LogP contribution in [0, 0.1) is 6.92 Å². The molecule has 0 aliphatic heterocycles. The van der Waals surface area contributed by atoms with Gasteiger partial charge < -0.3 is 15.2 Å². The predicted molar refractivity (Wildman–Crippen MR) is 112 cm³/mol. The van der Waals surface area contributed by atoms with Gasteiger partial charge in [0.25, 0.3) is 5.91 Å². The van der Waals surface area contributed by atoms with Crippen LogP contribution in [0.15, 0.2) is 58.2 Å². The molecule has 0 saturated heterocycles. The van der Waals surface area contributed by atoms with E-state index in [1.54, 1.807) is 18.3 Å². The largest absolute Gasteiger partial charge is 0.361 e. The molecule has 7 nitrogen and oxygen atoms in total. The molecule has 150 valence electrons. The number of carbonyl (C=O) groups excluding carboxylic acids is 2. The Bertz CT molecular complexity index is 1000. The summed E-state index contributed by atoms with van der Waals surface area (Å²) in [6.45, 7) is 3.72. The van der Waals surface area contributed by atoms with E-state index in [1.807, 2.05) is 44.2 Å². The van der Waals surface area contributed by atoms with Crippen LogP contribution >= 0.6 is 11.8 Å². The third kappa shape index (κ3) is 5.68. The molecule has 0 aliphatic rings. The van der Waals surface area contributed by atoms with Gasteiger partial charge in [0.05, 0.1) is 17.8 Å². The number of nitrogens with one attached hydrogen (secondary N) is 2. The molecular formula is C21H22N4O3S. The second-order valence-corrected chi connectivity index (χ2v) is 7.28. The number of anilines is 1. The van der Waals surface area contributed by atoms with Crippen LogP contribution in [0.3, 0.4) is 0 Å². The van der Waals surface area contributed by atoms with Gasteiger partial charge in [0, 0.05) is 23.7 Å². The molecule has 2 N–H and O–H groups in total. The van der Waals surface area contributed by atoms with Crippen molar-refractivity contribution in [1.82, 2.24) is 15.5 Å². The lowest BCUT2D eigenvalue weighted by molar-refractivity contribution is -0.115. The van der Waals surface area contributed by atoms with Gasteiger partial charge in [-0.2, -0.15) is 0 Å². The number of para-hydroxylation sites is 1. The van der Waals surface area contributed by atoms with E-state index in [0.717, 1.165) is 29.1 Å². The van der Waals surface area contributed by atoms with Crippen molar-refractivity contribution in [3.63, 3.8) is 0 Å². The number of nitrogens with zero attached hydrogens (tertiary/aromatic N) is 2. The van der Waals surface area contributed by atoms with Crippen molar-refractivity contribution >= 4 is 29.3 Å². The van der Waals surface area contributed by atoms with Gasteiger partial charge in [-0.3, -0.25) is 9.59 Å². The van der Waals surface area contributed by atoms with Crippen molar-refractivity contribution in [3.05, 3.63) is 71.2 Å². The number of carbonyl (C=O) groups is 2. The fourth-order valence-corrected chi connectivity index (χ4v) is 3.58. The number of thioether (sulfide) groups is 1. The Labute approximate surface area is 173 Å². The maximum atomic E-state index is 12.6. The summed E-state index contributed by atoms with van der Waals surface area (Å²) >= 11 is 1.39. The number of hydrogen-bond acceptors (Lipinski definition) is 6. The lowest BCUT2D eigenvalue weighted by Gasteiger charge is -2.11. The average molecular weight is 410 g/mol. The molecule has 2 amide bonds. The second kappa shape index (κ2) is 9.88. The van der Waals surface area contributed by atoms with E-state index in [4.69, 9.17) is 4.52 Å². The number of aryl methyl sites for hydroxylation is 2. The molecule has 0 aliphatic carbocycles. The van der Waals surface area contributed by atoms with Crippen LogP contribution in [0.2, 0.25) is 0 Å². The average Bonchev–Trinajstić information content (AvgIpc) is 3.16. The number of benzene rings is 1. The van der Waals surface area contributed by atoms with Crippen LogP contribution in [-0.2, 0) is 17.0 Å².